The van der Waals surface area contributed by atoms with Crippen LogP contribution in [0.5, 0.6) is 0 Å². The molecule has 6 heteroatoms. The fourth-order valence-corrected chi connectivity index (χ4v) is 3.63. The fraction of sp³-hybridized carbons (Fsp3) is 0.364. The van der Waals surface area contributed by atoms with Crippen molar-refractivity contribution in [1.82, 2.24) is 15.5 Å². The summed E-state index contributed by atoms with van der Waals surface area (Å²) < 4.78 is 18.8. The van der Waals surface area contributed by atoms with Crippen molar-refractivity contribution >= 4 is 5.69 Å². The standard InChI is InChI=1S/C22H25FN4O/c1-2-21-25-22(28-26-21)15-24-19-9-11-27(12-10-19)20-8-4-6-17(14-20)16-5-3-7-18(23)13-16/h3-8,13-14,19,24H,2,9-12,15H2,1H3. The van der Waals surface area contributed by atoms with Crippen LogP contribution in [0.15, 0.2) is 53.1 Å². The van der Waals surface area contributed by atoms with Crippen molar-refractivity contribution < 1.29 is 8.91 Å². The Morgan fingerprint density at radius 2 is 1.86 bits per heavy atom. The Bertz CT molecular complexity index is 918. The molecule has 3 aromatic rings. The summed E-state index contributed by atoms with van der Waals surface area (Å²) in [6.07, 6.45) is 2.90. The number of nitrogens with zero attached hydrogens (tertiary/aromatic N) is 3. The van der Waals surface area contributed by atoms with E-state index in [0.29, 0.717) is 18.5 Å². The van der Waals surface area contributed by atoms with Gasteiger partial charge in [-0.3, -0.25) is 0 Å². The summed E-state index contributed by atoms with van der Waals surface area (Å²) in [5.41, 5.74) is 3.13. The van der Waals surface area contributed by atoms with Crippen molar-refractivity contribution in [2.75, 3.05) is 18.0 Å². The van der Waals surface area contributed by atoms with Gasteiger partial charge in [-0.2, -0.15) is 4.98 Å². The molecule has 146 valence electrons. The van der Waals surface area contributed by atoms with E-state index in [1.807, 2.05) is 25.1 Å². The molecule has 1 aromatic heterocycles. The molecule has 4 rings (SSSR count). The second kappa shape index (κ2) is 8.52. The van der Waals surface area contributed by atoms with E-state index in [1.165, 1.54) is 11.8 Å². The third-order valence-electron chi connectivity index (χ3n) is 5.23. The zero-order valence-electron chi connectivity index (χ0n) is 16.1. The second-order valence-electron chi connectivity index (χ2n) is 7.16. The molecule has 0 atom stereocenters. The van der Waals surface area contributed by atoms with E-state index in [-0.39, 0.29) is 5.82 Å². The van der Waals surface area contributed by atoms with E-state index in [0.717, 1.165) is 49.3 Å². The molecule has 1 fully saturated rings. The molecular formula is C22H25FN4O. The van der Waals surface area contributed by atoms with E-state index in [2.05, 4.69) is 32.5 Å². The zero-order chi connectivity index (χ0) is 19.3. The third kappa shape index (κ3) is 4.39. The van der Waals surface area contributed by atoms with E-state index < -0.39 is 0 Å². The highest BCUT2D eigenvalue weighted by atomic mass is 19.1. The molecule has 1 saturated heterocycles. The molecule has 1 aliphatic heterocycles. The van der Waals surface area contributed by atoms with Crippen LogP contribution < -0.4 is 10.2 Å². The lowest BCUT2D eigenvalue weighted by Gasteiger charge is -2.34. The van der Waals surface area contributed by atoms with Crippen LogP contribution in [0.4, 0.5) is 10.1 Å². The SMILES string of the molecule is CCc1noc(CNC2CCN(c3cccc(-c4cccc(F)c4)c3)CC2)n1. The summed E-state index contributed by atoms with van der Waals surface area (Å²) in [5, 5.41) is 7.46. The minimum absolute atomic E-state index is 0.206. The maximum absolute atomic E-state index is 13.5. The summed E-state index contributed by atoms with van der Waals surface area (Å²) in [6, 6.07) is 15.5. The first-order valence-corrected chi connectivity index (χ1v) is 9.87. The molecule has 0 spiro atoms. The Labute approximate surface area is 164 Å². The van der Waals surface area contributed by atoms with Gasteiger partial charge < -0.3 is 14.7 Å². The monoisotopic (exact) mass is 380 g/mol. The number of nitrogens with one attached hydrogen (secondary N) is 1. The van der Waals surface area contributed by atoms with Crippen molar-refractivity contribution in [3.05, 3.63) is 66.1 Å². The first-order valence-electron chi connectivity index (χ1n) is 9.87. The Morgan fingerprint density at radius 3 is 2.57 bits per heavy atom. The molecule has 0 unspecified atom stereocenters. The summed E-state index contributed by atoms with van der Waals surface area (Å²) in [6.45, 7) is 4.59. The Balaban J connectivity index is 1.34. The number of aryl methyl sites for hydroxylation is 1. The van der Waals surface area contributed by atoms with Crippen molar-refractivity contribution in [2.45, 2.75) is 38.8 Å². The number of benzene rings is 2. The van der Waals surface area contributed by atoms with Crippen LogP contribution in [-0.2, 0) is 13.0 Å². The zero-order valence-corrected chi connectivity index (χ0v) is 16.1. The molecule has 0 bridgehead atoms. The molecule has 5 nitrogen and oxygen atoms in total. The van der Waals surface area contributed by atoms with E-state index in [1.54, 1.807) is 12.1 Å². The Hall–Kier alpha value is -2.73. The maximum atomic E-state index is 13.5. The van der Waals surface area contributed by atoms with Gasteiger partial charge in [-0.25, -0.2) is 4.39 Å². The molecule has 28 heavy (non-hydrogen) atoms. The molecule has 1 aliphatic rings. The third-order valence-corrected chi connectivity index (χ3v) is 5.23. The fourth-order valence-electron chi connectivity index (χ4n) is 3.63. The summed E-state index contributed by atoms with van der Waals surface area (Å²) >= 11 is 0. The molecule has 1 N–H and O–H groups in total. The van der Waals surface area contributed by atoms with E-state index >= 15 is 0 Å². The molecule has 0 aliphatic carbocycles. The highest BCUT2D eigenvalue weighted by Crippen LogP contribution is 2.27. The topological polar surface area (TPSA) is 54.2 Å². The van der Waals surface area contributed by atoms with Crippen LogP contribution in [0.2, 0.25) is 0 Å². The van der Waals surface area contributed by atoms with E-state index in [4.69, 9.17) is 4.52 Å². The average Bonchev–Trinajstić information content (AvgIpc) is 3.21. The lowest BCUT2D eigenvalue weighted by Crippen LogP contribution is -2.42. The predicted octanol–water partition coefficient (Wildman–Crippen LogP) is 4.20. The second-order valence-corrected chi connectivity index (χ2v) is 7.16. The molecule has 0 amide bonds. The Morgan fingerprint density at radius 1 is 1.11 bits per heavy atom. The van der Waals surface area contributed by atoms with Crippen molar-refractivity contribution in [3.63, 3.8) is 0 Å². The lowest BCUT2D eigenvalue weighted by atomic mass is 10.0. The molecule has 2 heterocycles. The number of hydrogen-bond acceptors (Lipinski definition) is 5. The number of rotatable bonds is 6. The average molecular weight is 380 g/mol. The van der Waals surface area contributed by atoms with Crippen LogP contribution in [0.3, 0.4) is 0 Å². The summed E-state index contributed by atoms with van der Waals surface area (Å²) in [4.78, 5) is 6.73. The van der Waals surface area contributed by atoms with Crippen LogP contribution in [0.25, 0.3) is 11.1 Å². The Kier molecular flexibility index (Phi) is 5.67. The van der Waals surface area contributed by atoms with E-state index in [9.17, 15) is 4.39 Å². The van der Waals surface area contributed by atoms with Gasteiger partial charge in [0.15, 0.2) is 5.82 Å². The van der Waals surface area contributed by atoms with Gasteiger partial charge in [-0.1, -0.05) is 36.3 Å². The molecular weight excluding hydrogens is 355 g/mol. The van der Waals surface area contributed by atoms with Crippen LogP contribution in [0, 0.1) is 5.82 Å². The number of hydrogen-bond donors (Lipinski definition) is 1. The number of halogens is 1. The van der Waals surface area contributed by atoms with Crippen LogP contribution in [0.1, 0.15) is 31.5 Å². The maximum Gasteiger partial charge on any atom is 0.240 e. The van der Waals surface area contributed by atoms with Gasteiger partial charge in [0.05, 0.1) is 6.54 Å². The predicted molar refractivity (Wildman–Crippen MR) is 108 cm³/mol. The normalized spacial score (nSPS) is 15.1. The summed E-state index contributed by atoms with van der Waals surface area (Å²) in [5.74, 6) is 1.20. The van der Waals surface area contributed by atoms with Crippen LogP contribution >= 0.6 is 0 Å². The largest absolute Gasteiger partial charge is 0.371 e. The van der Waals surface area contributed by atoms with Crippen LogP contribution in [-0.4, -0.2) is 29.3 Å². The number of piperidine rings is 1. The smallest absolute Gasteiger partial charge is 0.240 e. The van der Waals surface area contributed by atoms with Crippen molar-refractivity contribution in [1.29, 1.82) is 0 Å². The summed E-state index contributed by atoms with van der Waals surface area (Å²) in [7, 11) is 0. The number of aromatic nitrogens is 2. The van der Waals surface area contributed by atoms with Gasteiger partial charge >= 0.3 is 0 Å². The van der Waals surface area contributed by atoms with Gasteiger partial charge in [-0.05, 0) is 48.2 Å². The minimum atomic E-state index is -0.206. The first-order chi connectivity index (χ1) is 13.7. The van der Waals surface area contributed by atoms with Gasteiger partial charge in [-0.15, -0.1) is 0 Å². The highest BCUT2D eigenvalue weighted by Gasteiger charge is 2.20. The molecule has 0 radical (unpaired) electrons. The van der Waals surface area contributed by atoms with Crippen molar-refractivity contribution in [3.8, 4) is 11.1 Å². The van der Waals surface area contributed by atoms with Crippen molar-refractivity contribution in [2.24, 2.45) is 0 Å². The first kappa shape index (κ1) is 18.6. The lowest BCUT2D eigenvalue weighted by molar-refractivity contribution is 0.339. The van der Waals surface area contributed by atoms with Gasteiger partial charge in [0.25, 0.3) is 0 Å². The highest BCUT2D eigenvalue weighted by molar-refractivity contribution is 5.68. The van der Waals surface area contributed by atoms with Gasteiger partial charge in [0.2, 0.25) is 5.89 Å². The van der Waals surface area contributed by atoms with Gasteiger partial charge in [0.1, 0.15) is 5.82 Å². The van der Waals surface area contributed by atoms with Gasteiger partial charge in [0, 0.05) is 31.2 Å². The number of anilines is 1. The minimum Gasteiger partial charge on any atom is -0.371 e. The quantitative estimate of drug-likeness (QED) is 0.695. The molecule has 2 aromatic carbocycles. The molecule has 0 saturated carbocycles.